The summed E-state index contributed by atoms with van der Waals surface area (Å²) < 4.78 is 1.86. The van der Waals surface area contributed by atoms with E-state index in [1.54, 1.807) is 0 Å². The molecule has 1 rings (SSSR count). The Balaban J connectivity index is 2.43. The van der Waals surface area contributed by atoms with Gasteiger partial charge in [-0.3, -0.25) is 16.0 Å². The number of aromatic nitrogens is 2. The van der Waals surface area contributed by atoms with E-state index in [9.17, 15) is 0 Å². The van der Waals surface area contributed by atoms with E-state index >= 15 is 0 Å². The smallest absolute Gasteiger partial charge is 0.0847 e. The first-order valence-electron chi connectivity index (χ1n) is 7.24. The van der Waals surface area contributed by atoms with Crippen molar-refractivity contribution in [1.29, 1.82) is 0 Å². The lowest BCUT2D eigenvalue weighted by Gasteiger charge is -2.16. The van der Waals surface area contributed by atoms with Crippen LogP contribution in [0.2, 0.25) is 5.02 Å². The standard InChI is InChI=1S/C14H27ClN4/c1-4-5-6-7-8-9-12(17-16)10-13-14(15)11(2)18-19(13)3/h12,17H,4-10,16H2,1-3H3. The van der Waals surface area contributed by atoms with E-state index in [0.29, 0.717) is 0 Å². The van der Waals surface area contributed by atoms with Crippen LogP contribution in [-0.4, -0.2) is 15.8 Å². The van der Waals surface area contributed by atoms with Gasteiger partial charge < -0.3 is 0 Å². The van der Waals surface area contributed by atoms with Crippen LogP contribution in [0.1, 0.15) is 56.8 Å². The van der Waals surface area contributed by atoms with E-state index < -0.39 is 0 Å². The van der Waals surface area contributed by atoms with Crippen molar-refractivity contribution in [1.82, 2.24) is 15.2 Å². The molecule has 0 aromatic carbocycles. The minimum absolute atomic E-state index is 0.272. The third-order valence-electron chi connectivity index (χ3n) is 3.59. The monoisotopic (exact) mass is 286 g/mol. The SMILES string of the molecule is CCCCCCCC(Cc1c(Cl)c(C)nn1C)NN. The number of nitrogens with one attached hydrogen (secondary N) is 1. The molecule has 0 radical (unpaired) electrons. The van der Waals surface area contributed by atoms with Gasteiger partial charge in [-0.05, 0) is 13.3 Å². The van der Waals surface area contributed by atoms with Gasteiger partial charge in [-0.1, -0.05) is 50.6 Å². The Hall–Kier alpha value is -0.580. The molecule has 0 spiro atoms. The highest BCUT2D eigenvalue weighted by atomic mass is 35.5. The van der Waals surface area contributed by atoms with Crippen molar-refractivity contribution >= 4 is 11.6 Å². The molecule has 0 aliphatic heterocycles. The minimum atomic E-state index is 0.272. The molecule has 3 N–H and O–H groups in total. The van der Waals surface area contributed by atoms with E-state index in [4.69, 9.17) is 17.4 Å². The molecule has 0 saturated carbocycles. The van der Waals surface area contributed by atoms with Gasteiger partial charge in [0.1, 0.15) is 0 Å². The second-order valence-electron chi connectivity index (χ2n) is 5.24. The van der Waals surface area contributed by atoms with E-state index in [0.717, 1.165) is 29.3 Å². The Morgan fingerprint density at radius 2 is 2.00 bits per heavy atom. The van der Waals surface area contributed by atoms with Crippen molar-refractivity contribution in [3.05, 3.63) is 16.4 Å². The lowest BCUT2D eigenvalue weighted by Crippen LogP contribution is -2.37. The lowest BCUT2D eigenvalue weighted by molar-refractivity contribution is 0.451. The second kappa shape index (κ2) is 8.56. The third kappa shape index (κ3) is 5.13. The van der Waals surface area contributed by atoms with Crippen LogP contribution in [0, 0.1) is 6.92 Å². The zero-order valence-electron chi connectivity index (χ0n) is 12.4. The maximum absolute atomic E-state index is 6.27. The Bertz CT molecular complexity index is 376. The quantitative estimate of drug-likeness (QED) is 0.417. The van der Waals surface area contributed by atoms with Crippen LogP contribution < -0.4 is 11.3 Å². The zero-order chi connectivity index (χ0) is 14.3. The highest BCUT2D eigenvalue weighted by molar-refractivity contribution is 6.31. The Morgan fingerprint density at radius 3 is 2.53 bits per heavy atom. The molecule has 0 saturated heterocycles. The number of nitrogens with two attached hydrogens (primary N) is 1. The molecule has 0 aliphatic rings. The molecule has 5 heteroatoms. The molecule has 1 atom stereocenters. The van der Waals surface area contributed by atoms with Crippen molar-refractivity contribution in [3.63, 3.8) is 0 Å². The molecule has 0 bridgehead atoms. The van der Waals surface area contributed by atoms with Gasteiger partial charge >= 0.3 is 0 Å². The fourth-order valence-corrected chi connectivity index (χ4v) is 2.61. The molecule has 1 heterocycles. The highest BCUT2D eigenvalue weighted by Crippen LogP contribution is 2.21. The van der Waals surface area contributed by atoms with Crippen LogP contribution in [0.3, 0.4) is 0 Å². The number of rotatable bonds is 9. The van der Waals surface area contributed by atoms with E-state index in [1.165, 1.54) is 32.1 Å². The third-order valence-corrected chi connectivity index (χ3v) is 4.08. The Labute approximate surface area is 121 Å². The summed E-state index contributed by atoms with van der Waals surface area (Å²) in [6, 6.07) is 0.272. The number of aryl methyl sites for hydroxylation is 2. The van der Waals surface area contributed by atoms with Crippen LogP contribution in [-0.2, 0) is 13.5 Å². The van der Waals surface area contributed by atoms with Crippen LogP contribution in [0.4, 0.5) is 0 Å². The first-order chi connectivity index (χ1) is 9.10. The van der Waals surface area contributed by atoms with Crippen molar-refractivity contribution in [3.8, 4) is 0 Å². The highest BCUT2D eigenvalue weighted by Gasteiger charge is 2.15. The molecular formula is C14H27ClN4. The maximum atomic E-state index is 6.27. The number of nitrogens with zero attached hydrogens (tertiary/aromatic N) is 2. The molecular weight excluding hydrogens is 260 g/mol. The number of halogens is 1. The van der Waals surface area contributed by atoms with Crippen LogP contribution >= 0.6 is 11.6 Å². The fraction of sp³-hybridized carbons (Fsp3) is 0.786. The van der Waals surface area contributed by atoms with E-state index in [-0.39, 0.29) is 6.04 Å². The molecule has 0 fully saturated rings. The van der Waals surface area contributed by atoms with Gasteiger partial charge in [-0.2, -0.15) is 5.10 Å². The lowest BCUT2D eigenvalue weighted by atomic mass is 10.0. The van der Waals surface area contributed by atoms with Gasteiger partial charge in [0.05, 0.1) is 16.4 Å². The van der Waals surface area contributed by atoms with Crippen LogP contribution in [0.15, 0.2) is 0 Å². The van der Waals surface area contributed by atoms with Gasteiger partial charge in [0.15, 0.2) is 0 Å². The topological polar surface area (TPSA) is 55.9 Å². The number of hydrogen-bond acceptors (Lipinski definition) is 3. The normalized spacial score (nSPS) is 12.9. The van der Waals surface area contributed by atoms with Crippen molar-refractivity contribution in [2.45, 2.75) is 64.8 Å². The molecule has 1 unspecified atom stereocenters. The van der Waals surface area contributed by atoms with Gasteiger partial charge in [-0.15, -0.1) is 0 Å². The predicted octanol–water partition coefficient (Wildman–Crippen LogP) is 3.12. The molecule has 19 heavy (non-hydrogen) atoms. The second-order valence-corrected chi connectivity index (χ2v) is 5.62. The summed E-state index contributed by atoms with van der Waals surface area (Å²) >= 11 is 6.27. The number of hydrazine groups is 1. The Morgan fingerprint density at radius 1 is 1.32 bits per heavy atom. The van der Waals surface area contributed by atoms with Gasteiger partial charge in [0.2, 0.25) is 0 Å². The molecule has 0 amide bonds. The summed E-state index contributed by atoms with van der Waals surface area (Å²) in [4.78, 5) is 0. The summed E-state index contributed by atoms with van der Waals surface area (Å²) in [5.41, 5.74) is 4.86. The minimum Gasteiger partial charge on any atom is -0.271 e. The molecule has 1 aromatic rings. The fourth-order valence-electron chi connectivity index (χ4n) is 2.37. The first-order valence-corrected chi connectivity index (χ1v) is 7.62. The average molecular weight is 287 g/mol. The van der Waals surface area contributed by atoms with Crippen LogP contribution in [0.25, 0.3) is 0 Å². The summed E-state index contributed by atoms with van der Waals surface area (Å²) in [7, 11) is 1.93. The van der Waals surface area contributed by atoms with Gasteiger partial charge in [0.25, 0.3) is 0 Å². The summed E-state index contributed by atoms with van der Waals surface area (Å²) in [5, 5.41) is 5.11. The van der Waals surface area contributed by atoms with E-state index in [1.807, 2.05) is 18.7 Å². The van der Waals surface area contributed by atoms with Crippen molar-refractivity contribution < 1.29 is 0 Å². The summed E-state index contributed by atoms with van der Waals surface area (Å²) in [5.74, 6) is 5.65. The number of hydrogen-bond donors (Lipinski definition) is 2. The van der Waals surface area contributed by atoms with Gasteiger partial charge in [-0.25, -0.2) is 0 Å². The number of unbranched alkanes of at least 4 members (excludes halogenated alkanes) is 4. The van der Waals surface area contributed by atoms with Crippen molar-refractivity contribution in [2.75, 3.05) is 0 Å². The molecule has 1 aromatic heterocycles. The van der Waals surface area contributed by atoms with Crippen molar-refractivity contribution in [2.24, 2.45) is 12.9 Å². The Kier molecular flexibility index (Phi) is 7.42. The largest absolute Gasteiger partial charge is 0.271 e. The molecule has 110 valence electrons. The van der Waals surface area contributed by atoms with Crippen LogP contribution in [0.5, 0.6) is 0 Å². The zero-order valence-corrected chi connectivity index (χ0v) is 13.1. The van der Waals surface area contributed by atoms with Gasteiger partial charge in [0, 0.05) is 19.5 Å². The summed E-state index contributed by atoms with van der Waals surface area (Å²) in [6.45, 7) is 4.17. The predicted molar refractivity (Wildman–Crippen MR) is 81.1 cm³/mol. The van der Waals surface area contributed by atoms with E-state index in [2.05, 4.69) is 17.4 Å². The summed E-state index contributed by atoms with van der Waals surface area (Å²) in [6.07, 6.45) is 8.34. The molecule has 4 nitrogen and oxygen atoms in total. The maximum Gasteiger partial charge on any atom is 0.0847 e. The first kappa shape index (κ1) is 16.5. The average Bonchev–Trinajstić information content (AvgIpc) is 2.63. The molecule has 0 aliphatic carbocycles.